The molecule has 100 valence electrons. The van der Waals surface area contributed by atoms with Crippen molar-refractivity contribution >= 4 is 21.6 Å². The minimum atomic E-state index is -0.413. The fourth-order valence-corrected chi connectivity index (χ4v) is 3.07. The fourth-order valence-electron chi connectivity index (χ4n) is 2.42. The number of aliphatic hydroxyl groups excluding tert-OH is 1. The highest BCUT2D eigenvalue weighted by atomic mass is 79.9. The van der Waals surface area contributed by atoms with Gasteiger partial charge in [0.25, 0.3) is 0 Å². The molecule has 3 nitrogen and oxygen atoms in total. The lowest BCUT2D eigenvalue weighted by atomic mass is 10.1. The third kappa shape index (κ3) is 2.87. The number of aliphatic hydroxyl groups is 1. The van der Waals surface area contributed by atoms with Crippen LogP contribution in [0.2, 0.25) is 0 Å². The molecule has 1 N–H and O–H groups in total. The van der Waals surface area contributed by atoms with Crippen molar-refractivity contribution in [2.24, 2.45) is 0 Å². The first kappa shape index (κ1) is 13.8. The van der Waals surface area contributed by atoms with E-state index in [1.807, 2.05) is 12.1 Å². The van der Waals surface area contributed by atoms with Gasteiger partial charge >= 0.3 is 0 Å². The van der Waals surface area contributed by atoms with Gasteiger partial charge in [0.1, 0.15) is 0 Å². The van der Waals surface area contributed by atoms with E-state index in [0.717, 1.165) is 23.1 Å². The maximum Gasteiger partial charge on any atom is 0.0762 e. The number of nitrogens with zero attached hydrogens (tertiary/aromatic N) is 2. The van der Waals surface area contributed by atoms with Crippen LogP contribution in [0.5, 0.6) is 0 Å². The van der Waals surface area contributed by atoms with E-state index in [9.17, 15) is 5.11 Å². The van der Waals surface area contributed by atoms with E-state index in [-0.39, 0.29) is 0 Å². The van der Waals surface area contributed by atoms with Gasteiger partial charge in [-0.3, -0.25) is 0 Å². The standard InChI is InChI=1S/C14H21BrN2O/c1-10(18)11-4-5-14(13(15)8-11)17-7-6-12(9-17)16(2)3/h4-5,8,10,12,18H,6-7,9H2,1-3H3/t10-,12?/m0/s1. The first-order valence-corrected chi connectivity index (χ1v) is 7.17. The monoisotopic (exact) mass is 312 g/mol. The molecular weight excluding hydrogens is 292 g/mol. The molecule has 1 aliphatic heterocycles. The summed E-state index contributed by atoms with van der Waals surface area (Å²) in [7, 11) is 4.28. The average Bonchev–Trinajstić information content (AvgIpc) is 2.78. The van der Waals surface area contributed by atoms with Crippen LogP contribution in [-0.2, 0) is 0 Å². The fraction of sp³-hybridized carbons (Fsp3) is 0.571. The molecule has 1 aliphatic rings. The second-order valence-electron chi connectivity index (χ2n) is 5.24. The first-order valence-electron chi connectivity index (χ1n) is 6.38. The Labute approximate surface area is 118 Å². The van der Waals surface area contributed by atoms with Gasteiger partial charge in [0, 0.05) is 23.6 Å². The summed E-state index contributed by atoms with van der Waals surface area (Å²) in [5.41, 5.74) is 2.18. The van der Waals surface area contributed by atoms with Crippen LogP contribution < -0.4 is 4.90 Å². The molecule has 4 heteroatoms. The summed E-state index contributed by atoms with van der Waals surface area (Å²) >= 11 is 3.62. The van der Waals surface area contributed by atoms with Crippen molar-refractivity contribution in [2.45, 2.75) is 25.5 Å². The van der Waals surface area contributed by atoms with Gasteiger partial charge in [-0.1, -0.05) is 6.07 Å². The molecule has 0 bridgehead atoms. The van der Waals surface area contributed by atoms with E-state index in [0.29, 0.717) is 6.04 Å². The quantitative estimate of drug-likeness (QED) is 0.929. The minimum Gasteiger partial charge on any atom is -0.389 e. The maximum atomic E-state index is 9.58. The topological polar surface area (TPSA) is 26.7 Å². The molecule has 0 aromatic heterocycles. The van der Waals surface area contributed by atoms with Crippen LogP contribution in [0.3, 0.4) is 0 Å². The molecule has 1 fully saturated rings. The van der Waals surface area contributed by atoms with Crippen LogP contribution in [0.15, 0.2) is 22.7 Å². The number of benzene rings is 1. The molecule has 1 aromatic rings. The molecule has 0 spiro atoms. The Kier molecular flexibility index (Phi) is 4.30. The van der Waals surface area contributed by atoms with Gasteiger partial charge in [0.2, 0.25) is 0 Å². The SMILES string of the molecule is C[C@H](O)c1ccc(N2CCC(N(C)C)C2)c(Br)c1. The lowest BCUT2D eigenvalue weighted by molar-refractivity contribution is 0.199. The van der Waals surface area contributed by atoms with Crippen LogP contribution >= 0.6 is 15.9 Å². The molecule has 18 heavy (non-hydrogen) atoms. The van der Waals surface area contributed by atoms with Crippen molar-refractivity contribution in [3.05, 3.63) is 28.2 Å². The van der Waals surface area contributed by atoms with Crippen molar-refractivity contribution in [1.82, 2.24) is 4.90 Å². The lowest BCUT2D eigenvalue weighted by Crippen LogP contribution is -2.31. The Morgan fingerprint density at radius 2 is 2.17 bits per heavy atom. The molecule has 1 aromatic carbocycles. The number of anilines is 1. The molecule has 1 heterocycles. The van der Waals surface area contributed by atoms with Gasteiger partial charge in [-0.25, -0.2) is 0 Å². The van der Waals surface area contributed by atoms with Crippen LogP contribution in [0.25, 0.3) is 0 Å². The molecule has 1 saturated heterocycles. The van der Waals surface area contributed by atoms with Gasteiger partial charge in [-0.15, -0.1) is 0 Å². The molecule has 2 atom stereocenters. The number of hydrogen-bond donors (Lipinski definition) is 1. The van der Waals surface area contributed by atoms with Crippen LogP contribution in [-0.4, -0.2) is 43.2 Å². The van der Waals surface area contributed by atoms with Crippen LogP contribution in [0.1, 0.15) is 25.0 Å². The van der Waals surface area contributed by atoms with E-state index in [1.54, 1.807) is 6.92 Å². The van der Waals surface area contributed by atoms with Crippen molar-refractivity contribution in [3.63, 3.8) is 0 Å². The van der Waals surface area contributed by atoms with E-state index in [4.69, 9.17) is 0 Å². The number of likely N-dealkylation sites (N-methyl/N-ethyl adjacent to an activating group) is 1. The zero-order valence-corrected chi connectivity index (χ0v) is 12.8. The van der Waals surface area contributed by atoms with E-state index in [2.05, 4.69) is 45.9 Å². The summed E-state index contributed by atoms with van der Waals surface area (Å²) in [5.74, 6) is 0. The van der Waals surface area contributed by atoms with Gasteiger partial charge in [0.15, 0.2) is 0 Å². The van der Waals surface area contributed by atoms with Gasteiger partial charge in [-0.2, -0.15) is 0 Å². The summed E-state index contributed by atoms with van der Waals surface area (Å²) in [6.07, 6.45) is 0.792. The molecule has 0 saturated carbocycles. The third-order valence-corrected chi connectivity index (χ3v) is 4.32. The highest BCUT2D eigenvalue weighted by molar-refractivity contribution is 9.10. The Balaban J connectivity index is 2.15. The predicted octanol–water partition coefficient (Wildman–Crippen LogP) is 2.64. The van der Waals surface area contributed by atoms with E-state index in [1.165, 1.54) is 12.1 Å². The zero-order chi connectivity index (χ0) is 13.3. The van der Waals surface area contributed by atoms with Crippen molar-refractivity contribution in [3.8, 4) is 0 Å². The average molecular weight is 313 g/mol. The molecule has 0 aliphatic carbocycles. The molecule has 0 amide bonds. The highest BCUT2D eigenvalue weighted by Crippen LogP contribution is 2.32. The molecule has 0 radical (unpaired) electrons. The predicted molar refractivity (Wildman–Crippen MR) is 79.1 cm³/mol. The Bertz CT molecular complexity index is 420. The molecule has 1 unspecified atom stereocenters. The second-order valence-corrected chi connectivity index (χ2v) is 6.09. The maximum absolute atomic E-state index is 9.58. The minimum absolute atomic E-state index is 0.413. The summed E-state index contributed by atoms with van der Waals surface area (Å²) in [4.78, 5) is 4.69. The number of rotatable bonds is 3. The van der Waals surface area contributed by atoms with Gasteiger partial charge < -0.3 is 14.9 Å². The van der Waals surface area contributed by atoms with Crippen LogP contribution in [0, 0.1) is 0 Å². The summed E-state index contributed by atoms with van der Waals surface area (Å²) in [6, 6.07) is 6.76. The van der Waals surface area contributed by atoms with Crippen molar-refractivity contribution in [1.29, 1.82) is 0 Å². The molecule has 2 rings (SSSR count). The summed E-state index contributed by atoms with van der Waals surface area (Å²) in [5, 5.41) is 9.58. The van der Waals surface area contributed by atoms with Crippen molar-refractivity contribution < 1.29 is 5.11 Å². The largest absolute Gasteiger partial charge is 0.389 e. The first-order chi connectivity index (χ1) is 8.49. The Hall–Kier alpha value is -0.580. The van der Waals surface area contributed by atoms with Crippen molar-refractivity contribution in [2.75, 3.05) is 32.1 Å². The van der Waals surface area contributed by atoms with E-state index < -0.39 is 6.10 Å². The van der Waals surface area contributed by atoms with Gasteiger partial charge in [-0.05, 0) is 61.1 Å². The van der Waals surface area contributed by atoms with Gasteiger partial charge in [0.05, 0.1) is 11.8 Å². The lowest BCUT2D eigenvalue weighted by Gasteiger charge is -2.23. The van der Waals surface area contributed by atoms with E-state index >= 15 is 0 Å². The Morgan fingerprint density at radius 1 is 1.44 bits per heavy atom. The number of hydrogen-bond acceptors (Lipinski definition) is 3. The second kappa shape index (κ2) is 5.59. The van der Waals surface area contributed by atoms with Crippen LogP contribution in [0.4, 0.5) is 5.69 Å². The summed E-state index contributed by atoms with van der Waals surface area (Å²) in [6.45, 7) is 3.95. The molecular formula is C14H21BrN2O. The number of halogens is 1. The Morgan fingerprint density at radius 3 is 2.67 bits per heavy atom. The highest BCUT2D eigenvalue weighted by Gasteiger charge is 2.25. The third-order valence-electron chi connectivity index (χ3n) is 3.69. The summed E-state index contributed by atoms with van der Waals surface area (Å²) < 4.78 is 1.07. The zero-order valence-electron chi connectivity index (χ0n) is 11.2. The normalized spacial score (nSPS) is 21.7. The smallest absolute Gasteiger partial charge is 0.0762 e.